The number of ether oxygens (including phenoxy) is 1. The van der Waals surface area contributed by atoms with Crippen molar-refractivity contribution in [2.24, 2.45) is 0 Å². The summed E-state index contributed by atoms with van der Waals surface area (Å²) in [6.45, 7) is 3.66. The molecule has 0 saturated heterocycles. The predicted molar refractivity (Wildman–Crippen MR) is 142 cm³/mol. The quantitative estimate of drug-likeness (QED) is 0.339. The summed E-state index contributed by atoms with van der Waals surface area (Å²) in [4.78, 5) is 30.3. The maximum Gasteiger partial charge on any atom is 0.246 e. The summed E-state index contributed by atoms with van der Waals surface area (Å²) in [6, 6.07) is 6.98. The van der Waals surface area contributed by atoms with E-state index in [1.54, 1.807) is 31.3 Å². The average Bonchev–Trinajstić information content (AvgIpc) is 3.09. The molecule has 0 atom stereocenters. The first-order chi connectivity index (χ1) is 15.7. The number of hydrogen-bond donors (Lipinski definition) is 1. The smallest absolute Gasteiger partial charge is 0.246 e. The molecule has 182 valence electrons. The molecular weight excluding hydrogens is 567 g/mol. The highest BCUT2D eigenvalue weighted by Gasteiger charge is 2.19. The number of pyridine rings is 1. The minimum absolute atomic E-state index is 0. The molecule has 0 aliphatic rings. The van der Waals surface area contributed by atoms with Crippen LogP contribution in [-0.2, 0) is 16.2 Å². The first-order valence-electron chi connectivity index (χ1n) is 10.1. The molecular formula is C23H24BrCl3N4O3. The van der Waals surface area contributed by atoms with Crippen LogP contribution in [0.4, 0.5) is 5.69 Å². The lowest BCUT2D eigenvalue weighted by molar-refractivity contribution is -0.124. The second-order valence-corrected chi connectivity index (χ2v) is 8.74. The molecule has 0 aliphatic carbocycles. The molecule has 3 rings (SSSR count). The van der Waals surface area contributed by atoms with E-state index in [0.717, 1.165) is 10.3 Å². The number of likely N-dealkylation sites (N-methyl/N-ethyl adjacent to an activating group) is 1. The van der Waals surface area contributed by atoms with Gasteiger partial charge in [0.2, 0.25) is 11.8 Å². The first kappa shape index (κ1) is 28.0. The largest absolute Gasteiger partial charge is 0.485 e. The molecule has 2 aromatic heterocycles. The maximum absolute atomic E-state index is 12.6. The molecule has 1 N–H and O–H groups in total. The van der Waals surface area contributed by atoms with Crippen molar-refractivity contribution in [3.05, 3.63) is 68.5 Å². The summed E-state index contributed by atoms with van der Waals surface area (Å²) in [7, 11) is 1.59. The fourth-order valence-electron chi connectivity index (χ4n) is 3.09. The highest BCUT2D eigenvalue weighted by atomic mass is 79.9. The number of fused-ring (bicyclic) bond motifs is 1. The number of aromatic nitrogens is 2. The molecule has 0 saturated carbocycles. The number of allylic oxidation sites excluding steroid dienone is 1. The highest BCUT2D eigenvalue weighted by Crippen LogP contribution is 2.35. The van der Waals surface area contributed by atoms with Crippen LogP contribution in [0.25, 0.3) is 5.65 Å². The predicted octanol–water partition coefficient (Wildman–Crippen LogP) is 5.76. The van der Waals surface area contributed by atoms with Crippen molar-refractivity contribution in [3.63, 3.8) is 0 Å². The van der Waals surface area contributed by atoms with Gasteiger partial charge in [0, 0.05) is 30.3 Å². The van der Waals surface area contributed by atoms with Gasteiger partial charge in [-0.3, -0.25) is 14.0 Å². The average molecular weight is 591 g/mol. The molecule has 0 bridgehead atoms. The Morgan fingerprint density at radius 1 is 1.29 bits per heavy atom. The van der Waals surface area contributed by atoms with Crippen molar-refractivity contribution in [2.75, 3.05) is 18.5 Å². The Morgan fingerprint density at radius 2 is 2.03 bits per heavy atom. The SMILES string of the molecule is CC=CCC(=O)NCC(=O)N(C)c1ccc(Cl)c(COc2cccn3c(Br)c(C)nc23)c1Cl.Cl. The third-order valence-corrected chi connectivity index (χ3v) is 6.70. The third kappa shape index (κ3) is 6.24. The molecule has 0 radical (unpaired) electrons. The Kier molecular flexibility index (Phi) is 10.2. The number of nitrogens with zero attached hydrogens (tertiary/aromatic N) is 3. The van der Waals surface area contributed by atoms with Crippen LogP contribution in [0.1, 0.15) is 24.6 Å². The van der Waals surface area contributed by atoms with E-state index in [1.165, 1.54) is 4.90 Å². The van der Waals surface area contributed by atoms with Gasteiger partial charge in [-0.05, 0) is 54.0 Å². The molecule has 2 heterocycles. The van der Waals surface area contributed by atoms with Crippen LogP contribution >= 0.6 is 51.5 Å². The highest BCUT2D eigenvalue weighted by molar-refractivity contribution is 9.10. The number of carbonyl (C=O) groups is 2. The summed E-state index contributed by atoms with van der Waals surface area (Å²) in [5.41, 5.74) is 2.50. The fraction of sp³-hybridized carbons (Fsp3) is 0.261. The lowest BCUT2D eigenvalue weighted by Gasteiger charge is -2.21. The van der Waals surface area contributed by atoms with Crippen LogP contribution in [0, 0.1) is 6.92 Å². The van der Waals surface area contributed by atoms with Crippen LogP contribution in [0.5, 0.6) is 5.75 Å². The zero-order valence-corrected chi connectivity index (χ0v) is 22.7. The molecule has 1 aromatic carbocycles. The summed E-state index contributed by atoms with van der Waals surface area (Å²) in [5, 5.41) is 3.31. The van der Waals surface area contributed by atoms with E-state index in [0.29, 0.717) is 32.7 Å². The van der Waals surface area contributed by atoms with Gasteiger partial charge in [-0.1, -0.05) is 35.4 Å². The number of benzene rings is 1. The van der Waals surface area contributed by atoms with Gasteiger partial charge in [-0.25, -0.2) is 4.98 Å². The second kappa shape index (κ2) is 12.4. The Hall–Kier alpha value is -2.26. The zero-order chi connectivity index (χ0) is 24.1. The van der Waals surface area contributed by atoms with Crippen LogP contribution < -0.4 is 15.0 Å². The minimum atomic E-state index is -0.317. The number of amides is 2. The third-order valence-electron chi connectivity index (χ3n) is 4.96. The molecule has 11 heteroatoms. The van der Waals surface area contributed by atoms with Gasteiger partial charge in [0.05, 0.1) is 22.9 Å². The number of rotatable bonds is 8. The number of halogens is 4. The van der Waals surface area contributed by atoms with Crippen molar-refractivity contribution >= 4 is 74.7 Å². The number of aryl methyl sites for hydroxylation is 1. The van der Waals surface area contributed by atoms with Gasteiger partial charge in [-0.15, -0.1) is 12.4 Å². The van der Waals surface area contributed by atoms with Crippen molar-refractivity contribution < 1.29 is 14.3 Å². The normalized spacial score (nSPS) is 10.9. The Bertz CT molecular complexity index is 1230. The van der Waals surface area contributed by atoms with Crippen molar-refractivity contribution in [1.29, 1.82) is 0 Å². The lowest BCUT2D eigenvalue weighted by atomic mass is 10.2. The van der Waals surface area contributed by atoms with E-state index < -0.39 is 0 Å². The standard InChI is InChI=1S/C23H23BrCl2N4O3.ClH/c1-4-5-8-19(31)27-12-20(32)29(3)17-10-9-16(25)15(21(17)26)13-33-18-7-6-11-30-22(24)14(2)28-23(18)30;/h4-7,9-11H,8,12-13H2,1-3H3,(H,27,31);1H. The van der Waals surface area contributed by atoms with Crippen LogP contribution in [-0.4, -0.2) is 34.8 Å². The summed E-state index contributed by atoms with van der Waals surface area (Å²) >= 11 is 16.5. The second-order valence-electron chi connectivity index (χ2n) is 7.20. The van der Waals surface area contributed by atoms with Crippen LogP contribution in [0.15, 0.2) is 47.2 Å². The van der Waals surface area contributed by atoms with E-state index in [1.807, 2.05) is 36.6 Å². The van der Waals surface area contributed by atoms with Gasteiger partial charge < -0.3 is 15.0 Å². The monoisotopic (exact) mass is 588 g/mol. The minimum Gasteiger partial charge on any atom is -0.485 e. The van der Waals surface area contributed by atoms with Gasteiger partial charge in [-0.2, -0.15) is 0 Å². The topological polar surface area (TPSA) is 75.9 Å². The number of anilines is 1. The van der Waals surface area contributed by atoms with E-state index in [-0.39, 0.29) is 43.8 Å². The molecule has 7 nitrogen and oxygen atoms in total. The number of carbonyl (C=O) groups excluding carboxylic acids is 2. The van der Waals surface area contributed by atoms with E-state index in [2.05, 4.69) is 26.2 Å². The Balaban J connectivity index is 0.00000408. The van der Waals surface area contributed by atoms with E-state index in [9.17, 15) is 9.59 Å². The number of imidazole rings is 1. The molecule has 3 aromatic rings. The first-order valence-corrected chi connectivity index (χ1v) is 11.7. The van der Waals surface area contributed by atoms with Crippen molar-refractivity contribution in [2.45, 2.75) is 26.9 Å². The summed E-state index contributed by atoms with van der Waals surface area (Å²) in [5.74, 6) is 0.0145. The zero-order valence-electron chi connectivity index (χ0n) is 18.8. The van der Waals surface area contributed by atoms with Crippen LogP contribution in [0.2, 0.25) is 10.0 Å². The molecule has 0 fully saturated rings. The van der Waals surface area contributed by atoms with Crippen LogP contribution in [0.3, 0.4) is 0 Å². The van der Waals surface area contributed by atoms with Gasteiger partial charge in [0.25, 0.3) is 0 Å². The Labute approximate surface area is 222 Å². The van der Waals surface area contributed by atoms with Gasteiger partial charge >= 0.3 is 0 Å². The van der Waals surface area contributed by atoms with Crippen molar-refractivity contribution in [3.8, 4) is 5.75 Å². The van der Waals surface area contributed by atoms with Gasteiger partial charge in [0.1, 0.15) is 11.2 Å². The fourth-order valence-corrected chi connectivity index (χ4v) is 4.07. The summed E-state index contributed by atoms with van der Waals surface area (Å²) < 4.78 is 8.73. The van der Waals surface area contributed by atoms with E-state index in [4.69, 9.17) is 27.9 Å². The lowest BCUT2D eigenvalue weighted by Crippen LogP contribution is -2.38. The van der Waals surface area contributed by atoms with Crippen molar-refractivity contribution in [1.82, 2.24) is 14.7 Å². The Morgan fingerprint density at radius 3 is 2.74 bits per heavy atom. The molecule has 2 amide bonds. The molecule has 0 spiro atoms. The summed E-state index contributed by atoms with van der Waals surface area (Å²) in [6.07, 6.45) is 5.59. The number of nitrogens with one attached hydrogen (secondary N) is 1. The van der Waals surface area contributed by atoms with Gasteiger partial charge in [0.15, 0.2) is 11.4 Å². The maximum atomic E-state index is 12.6. The van der Waals surface area contributed by atoms with E-state index >= 15 is 0 Å². The molecule has 34 heavy (non-hydrogen) atoms. The molecule has 0 aliphatic heterocycles. The molecule has 0 unspecified atom stereocenters. The number of hydrogen-bond acceptors (Lipinski definition) is 4.